The van der Waals surface area contributed by atoms with Crippen molar-refractivity contribution in [3.8, 4) is 0 Å². The van der Waals surface area contributed by atoms with Gasteiger partial charge in [-0.25, -0.2) is 0 Å². The first-order valence-corrected chi connectivity index (χ1v) is 39.0. The van der Waals surface area contributed by atoms with Gasteiger partial charge in [-0.1, -0.05) is 416 Å². The Morgan fingerprint density at radius 2 is 0.471 bits per heavy atom. The van der Waals surface area contributed by atoms with Crippen molar-refractivity contribution in [3.63, 3.8) is 0 Å². The number of ether oxygens (including phenoxy) is 2. The highest BCUT2D eigenvalue weighted by Crippen LogP contribution is 2.20. The third-order valence-electron chi connectivity index (χ3n) is 18.2. The molecular formula is C80H152O5. The number of carbonyl (C=O) groups excluding carboxylic acids is 2. The van der Waals surface area contributed by atoms with E-state index < -0.39 is 6.10 Å². The van der Waals surface area contributed by atoms with Crippen molar-refractivity contribution in [2.75, 3.05) is 13.2 Å². The first-order chi connectivity index (χ1) is 42.1. The van der Waals surface area contributed by atoms with Gasteiger partial charge in [0.05, 0.1) is 6.61 Å². The van der Waals surface area contributed by atoms with Crippen molar-refractivity contribution in [1.29, 1.82) is 0 Å². The van der Waals surface area contributed by atoms with Gasteiger partial charge in [0.2, 0.25) is 0 Å². The maximum atomic E-state index is 12.4. The van der Waals surface area contributed by atoms with Gasteiger partial charge in [0, 0.05) is 12.8 Å². The van der Waals surface area contributed by atoms with Gasteiger partial charge < -0.3 is 14.6 Å². The average molecular weight is 1190 g/mol. The molecule has 0 radical (unpaired) electrons. The van der Waals surface area contributed by atoms with Crippen molar-refractivity contribution in [3.05, 3.63) is 36.5 Å². The van der Waals surface area contributed by atoms with Gasteiger partial charge in [0.1, 0.15) is 6.61 Å². The van der Waals surface area contributed by atoms with Crippen LogP contribution in [-0.4, -0.2) is 36.4 Å². The summed E-state index contributed by atoms with van der Waals surface area (Å²) in [5.41, 5.74) is 0. The standard InChI is InChI=1S/C80H152O5/c1-3-5-7-9-11-13-15-17-19-21-23-25-27-29-31-33-35-37-38-39-40-41-42-43-45-47-49-51-53-55-57-59-61-63-65-67-69-71-73-75-80(83)85-78(76-81)77-84-79(82)74-72-70-68-66-64-62-60-58-56-54-52-50-48-46-44-36-34-32-30-28-26-24-22-20-18-16-14-12-10-8-6-4-2/h15,17,21,23,27,29,78,81H,3-14,16,18-20,22,24-26,28,30-77H2,1-2H3/b17-15-,23-21-,29-27-. The monoisotopic (exact) mass is 1190 g/mol. The number of rotatable bonds is 74. The molecule has 5 heteroatoms. The number of aliphatic hydroxyl groups is 1. The van der Waals surface area contributed by atoms with E-state index in [1.807, 2.05) is 0 Å². The lowest BCUT2D eigenvalue weighted by Crippen LogP contribution is -2.28. The quantitative estimate of drug-likeness (QED) is 0.0373. The zero-order valence-corrected chi connectivity index (χ0v) is 57.9. The van der Waals surface area contributed by atoms with Crippen molar-refractivity contribution in [1.82, 2.24) is 0 Å². The second kappa shape index (κ2) is 76.4. The molecule has 1 atom stereocenters. The number of hydrogen-bond acceptors (Lipinski definition) is 5. The second-order valence-corrected chi connectivity index (χ2v) is 26.8. The predicted molar refractivity (Wildman–Crippen MR) is 376 cm³/mol. The fourth-order valence-corrected chi connectivity index (χ4v) is 12.3. The zero-order chi connectivity index (χ0) is 61.2. The Balaban J connectivity index is 3.36. The topological polar surface area (TPSA) is 72.8 Å². The molecule has 5 nitrogen and oxygen atoms in total. The lowest BCUT2D eigenvalue weighted by atomic mass is 10.0. The van der Waals surface area contributed by atoms with Crippen LogP contribution in [0.4, 0.5) is 0 Å². The molecule has 0 aliphatic rings. The third-order valence-corrected chi connectivity index (χ3v) is 18.2. The molecule has 0 saturated heterocycles. The molecule has 0 spiro atoms. The predicted octanol–water partition coefficient (Wildman–Crippen LogP) is 27.3. The molecule has 0 fully saturated rings. The van der Waals surface area contributed by atoms with Crippen LogP contribution in [0.15, 0.2) is 36.5 Å². The van der Waals surface area contributed by atoms with E-state index in [4.69, 9.17) is 9.47 Å². The van der Waals surface area contributed by atoms with Crippen LogP contribution in [0.5, 0.6) is 0 Å². The second-order valence-electron chi connectivity index (χ2n) is 26.8. The fraction of sp³-hybridized carbons (Fsp3) is 0.900. The molecule has 0 aromatic heterocycles. The first-order valence-electron chi connectivity index (χ1n) is 39.0. The van der Waals surface area contributed by atoms with E-state index in [2.05, 4.69) is 50.3 Å². The number of hydrogen-bond donors (Lipinski definition) is 1. The minimum absolute atomic E-state index is 0.0577. The summed E-state index contributed by atoms with van der Waals surface area (Å²) in [7, 11) is 0. The van der Waals surface area contributed by atoms with Crippen molar-refractivity contribution in [2.24, 2.45) is 0 Å². The zero-order valence-electron chi connectivity index (χ0n) is 57.9. The van der Waals surface area contributed by atoms with Gasteiger partial charge in [0.15, 0.2) is 6.10 Å². The van der Waals surface area contributed by atoms with Gasteiger partial charge in [-0.2, -0.15) is 0 Å². The molecule has 0 saturated carbocycles. The summed E-state index contributed by atoms with van der Waals surface area (Å²) in [6.07, 6.45) is 102. The summed E-state index contributed by atoms with van der Waals surface area (Å²) >= 11 is 0. The molecule has 0 aliphatic heterocycles. The molecule has 502 valence electrons. The van der Waals surface area contributed by atoms with E-state index in [0.717, 1.165) is 44.9 Å². The van der Waals surface area contributed by atoms with Crippen molar-refractivity contribution < 1.29 is 24.2 Å². The van der Waals surface area contributed by atoms with E-state index in [1.165, 1.54) is 372 Å². The minimum atomic E-state index is -0.769. The van der Waals surface area contributed by atoms with Crippen molar-refractivity contribution >= 4 is 11.9 Å². The maximum absolute atomic E-state index is 12.4. The van der Waals surface area contributed by atoms with Crippen LogP contribution in [-0.2, 0) is 19.1 Å². The fourth-order valence-electron chi connectivity index (χ4n) is 12.3. The van der Waals surface area contributed by atoms with E-state index in [-0.39, 0.29) is 25.2 Å². The highest BCUT2D eigenvalue weighted by molar-refractivity contribution is 5.70. The van der Waals surface area contributed by atoms with Crippen LogP contribution < -0.4 is 0 Å². The van der Waals surface area contributed by atoms with Crippen LogP contribution in [0.3, 0.4) is 0 Å². The van der Waals surface area contributed by atoms with Crippen LogP contribution >= 0.6 is 0 Å². The Labute approximate surface area is 533 Å². The van der Waals surface area contributed by atoms with E-state index >= 15 is 0 Å². The van der Waals surface area contributed by atoms with E-state index in [1.54, 1.807) is 0 Å². The number of allylic oxidation sites excluding steroid dienone is 6. The number of carbonyl (C=O) groups is 2. The number of aliphatic hydroxyl groups excluding tert-OH is 1. The molecule has 0 rings (SSSR count). The SMILES string of the molecule is CCCCCCC/C=C\C/C=C\C/C=C\CCCCCCCCCCCCCCCCCCCCCCCCCCC(=O)OC(CO)COC(=O)CCCCCCCCCCCCCCCCCCCCCCCCCCCCCCCCCC. The summed E-state index contributed by atoms with van der Waals surface area (Å²) in [6, 6.07) is 0. The smallest absolute Gasteiger partial charge is 0.306 e. The number of esters is 2. The van der Waals surface area contributed by atoms with E-state index in [9.17, 15) is 14.7 Å². The Morgan fingerprint density at radius 1 is 0.271 bits per heavy atom. The molecular weight excluding hydrogens is 1040 g/mol. The summed E-state index contributed by atoms with van der Waals surface area (Å²) < 4.78 is 10.8. The summed E-state index contributed by atoms with van der Waals surface area (Å²) in [6.45, 7) is 4.20. The highest BCUT2D eigenvalue weighted by atomic mass is 16.6. The molecule has 0 aromatic rings. The average Bonchev–Trinajstić information content (AvgIpc) is 3.51. The third kappa shape index (κ3) is 74.5. The normalized spacial score (nSPS) is 12.3. The van der Waals surface area contributed by atoms with Gasteiger partial charge >= 0.3 is 11.9 Å². The Kier molecular flexibility index (Phi) is 74.7. The maximum Gasteiger partial charge on any atom is 0.306 e. The first kappa shape index (κ1) is 83.1. The van der Waals surface area contributed by atoms with Crippen LogP contribution in [0, 0.1) is 0 Å². The Morgan fingerprint density at radius 3 is 0.706 bits per heavy atom. The van der Waals surface area contributed by atoms with Gasteiger partial charge in [-0.15, -0.1) is 0 Å². The molecule has 85 heavy (non-hydrogen) atoms. The largest absolute Gasteiger partial charge is 0.462 e. The van der Waals surface area contributed by atoms with Gasteiger partial charge in [-0.3, -0.25) is 9.59 Å². The highest BCUT2D eigenvalue weighted by Gasteiger charge is 2.16. The molecule has 1 N–H and O–H groups in total. The van der Waals surface area contributed by atoms with E-state index in [0.29, 0.717) is 12.8 Å². The lowest BCUT2D eigenvalue weighted by molar-refractivity contribution is -0.161. The van der Waals surface area contributed by atoms with Crippen LogP contribution in [0.2, 0.25) is 0 Å². The Bertz CT molecular complexity index is 1350. The molecule has 1 unspecified atom stereocenters. The molecule has 0 bridgehead atoms. The Hall–Kier alpha value is -1.88. The van der Waals surface area contributed by atoms with Crippen LogP contribution in [0.25, 0.3) is 0 Å². The summed E-state index contributed by atoms with van der Waals surface area (Å²) in [5, 5.41) is 9.72. The molecule has 0 aliphatic carbocycles. The molecule has 0 amide bonds. The van der Waals surface area contributed by atoms with Crippen molar-refractivity contribution in [2.45, 2.75) is 450 Å². The minimum Gasteiger partial charge on any atom is -0.462 e. The summed E-state index contributed by atoms with van der Waals surface area (Å²) in [4.78, 5) is 24.7. The molecule has 0 aromatic carbocycles. The van der Waals surface area contributed by atoms with Gasteiger partial charge in [0.25, 0.3) is 0 Å². The molecule has 0 heterocycles. The van der Waals surface area contributed by atoms with Crippen LogP contribution in [0.1, 0.15) is 444 Å². The number of unbranched alkanes of at least 4 members (excludes halogenated alkanes) is 60. The summed E-state index contributed by atoms with van der Waals surface area (Å²) in [5.74, 6) is -0.561. The van der Waals surface area contributed by atoms with Gasteiger partial charge in [-0.05, 0) is 51.4 Å². The lowest BCUT2D eigenvalue weighted by Gasteiger charge is -2.15.